The predicted molar refractivity (Wildman–Crippen MR) is 66.9 cm³/mol. The van der Waals surface area contributed by atoms with Crippen LogP contribution in [-0.2, 0) is 11.2 Å². The van der Waals surface area contributed by atoms with Gasteiger partial charge in [0.05, 0.1) is 0 Å². The third-order valence-corrected chi connectivity index (χ3v) is 2.39. The van der Waals surface area contributed by atoms with E-state index in [4.69, 9.17) is 11.6 Å². The van der Waals surface area contributed by atoms with Gasteiger partial charge in [0, 0.05) is 24.9 Å². The van der Waals surface area contributed by atoms with E-state index in [-0.39, 0.29) is 25.3 Å². The molecule has 1 aromatic carbocycles. The molecule has 0 saturated carbocycles. The van der Waals surface area contributed by atoms with Crippen molar-refractivity contribution in [2.24, 2.45) is 0 Å². The molecule has 19 heavy (non-hydrogen) atoms. The Kier molecular flexibility index (Phi) is 6.21. The van der Waals surface area contributed by atoms with Gasteiger partial charge in [0.1, 0.15) is 11.6 Å². The average molecular weight is 291 g/mol. The summed E-state index contributed by atoms with van der Waals surface area (Å²) in [7, 11) is 0. The fourth-order valence-corrected chi connectivity index (χ4v) is 1.57. The largest absolute Gasteiger partial charge is 0.337 e. The highest BCUT2D eigenvalue weighted by Crippen LogP contribution is 2.07. The Morgan fingerprint density at radius 3 is 2.37 bits per heavy atom. The SMILES string of the molecule is O=C(CCCl)NC(=O)NCCc1cc(F)cc(F)c1. The van der Waals surface area contributed by atoms with Crippen molar-refractivity contribution in [1.29, 1.82) is 0 Å². The van der Waals surface area contributed by atoms with Crippen LogP contribution in [0, 0.1) is 11.6 Å². The molecule has 4 nitrogen and oxygen atoms in total. The Balaban J connectivity index is 2.33. The van der Waals surface area contributed by atoms with E-state index in [1.807, 2.05) is 0 Å². The summed E-state index contributed by atoms with van der Waals surface area (Å²) in [6.45, 7) is 0.156. The van der Waals surface area contributed by atoms with E-state index in [0.29, 0.717) is 5.56 Å². The fraction of sp³-hybridized carbons (Fsp3) is 0.333. The molecule has 0 heterocycles. The summed E-state index contributed by atoms with van der Waals surface area (Å²) < 4.78 is 25.7. The van der Waals surface area contributed by atoms with Gasteiger partial charge in [-0.15, -0.1) is 11.6 Å². The molecule has 0 atom stereocenters. The van der Waals surface area contributed by atoms with Crippen LogP contribution in [0.1, 0.15) is 12.0 Å². The van der Waals surface area contributed by atoms with Crippen LogP contribution in [0.3, 0.4) is 0 Å². The lowest BCUT2D eigenvalue weighted by molar-refractivity contribution is -0.119. The molecule has 1 rings (SSSR count). The lowest BCUT2D eigenvalue weighted by Gasteiger charge is -2.06. The van der Waals surface area contributed by atoms with Crippen LogP contribution in [0.25, 0.3) is 0 Å². The molecule has 0 bridgehead atoms. The number of rotatable bonds is 5. The van der Waals surface area contributed by atoms with Crippen molar-refractivity contribution in [2.75, 3.05) is 12.4 Å². The first-order chi connectivity index (χ1) is 9.01. The summed E-state index contributed by atoms with van der Waals surface area (Å²) in [6.07, 6.45) is 0.301. The second-order valence-corrected chi connectivity index (χ2v) is 4.15. The van der Waals surface area contributed by atoms with Gasteiger partial charge in [-0.2, -0.15) is 0 Å². The van der Waals surface area contributed by atoms with E-state index in [2.05, 4.69) is 10.6 Å². The molecule has 0 spiro atoms. The standard InChI is InChI=1S/C12H13ClF2N2O2/c13-3-1-11(18)17-12(19)16-4-2-8-5-9(14)7-10(15)6-8/h5-7H,1-4H2,(H2,16,17,18,19). The van der Waals surface area contributed by atoms with Gasteiger partial charge in [-0.05, 0) is 24.1 Å². The van der Waals surface area contributed by atoms with Crippen molar-refractivity contribution in [3.8, 4) is 0 Å². The number of urea groups is 1. The maximum Gasteiger partial charge on any atom is 0.321 e. The second-order valence-electron chi connectivity index (χ2n) is 3.77. The fourth-order valence-electron chi connectivity index (χ4n) is 1.39. The highest BCUT2D eigenvalue weighted by Gasteiger charge is 2.06. The van der Waals surface area contributed by atoms with Crippen LogP contribution in [-0.4, -0.2) is 24.4 Å². The van der Waals surface area contributed by atoms with Gasteiger partial charge in [-0.3, -0.25) is 10.1 Å². The third-order valence-electron chi connectivity index (χ3n) is 2.20. The topological polar surface area (TPSA) is 58.2 Å². The van der Waals surface area contributed by atoms with E-state index < -0.39 is 23.6 Å². The highest BCUT2D eigenvalue weighted by molar-refractivity contribution is 6.19. The Morgan fingerprint density at radius 1 is 1.16 bits per heavy atom. The number of alkyl halides is 1. The quantitative estimate of drug-likeness (QED) is 0.815. The maximum atomic E-state index is 12.9. The van der Waals surface area contributed by atoms with Crippen LogP contribution in [0.4, 0.5) is 13.6 Å². The first kappa shape index (κ1) is 15.4. The number of carbonyl (C=O) groups excluding carboxylic acids is 2. The van der Waals surface area contributed by atoms with Crippen LogP contribution >= 0.6 is 11.6 Å². The number of nitrogens with one attached hydrogen (secondary N) is 2. The summed E-state index contributed by atoms with van der Waals surface area (Å²) in [5.41, 5.74) is 0.421. The van der Waals surface area contributed by atoms with Crippen LogP contribution in [0.2, 0.25) is 0 Å². The predicted octanol–water partition coefficient (Wildman–Crippen LogP) is 1.96. The monoisotopic (exact) mass is 290 g/mol. The zero-order valence-corrected chi connectivity index (χ0v) is 10.8. The third kappa shape index (κ3) is 6.15. The molecule has 0 aromatic heterocycles. The van der Waals surface area contributed by atoms with E-state index in [0.717, 1.165) is 6.07 Å². The first-order valence-electron chi connectivity index (χ1n) is 5.60. The number of hydrogen-bond donors (Lipinski definition) is 2. The minimum Gasteiger partial charge on any atom is -0.337 e. The molecule has 7 heteroatoms. The van der Waals surface area contributed by atoms with Crippen molar-refractivity contribution in [1.82, 2.24) is 10.6 Å². The van der Waals surface area contributed by atoms with E-state index in [1.165, 1.54) is 12.1 Å². The Morgan fingerprint density at radius 2 is 1.79 bits per heavy atom. The molecular weight excluding hydrogens is 278 g/mol. The minimum atomic E-state index is -0.670. The molecule has 0 fully saturated rings. The Labute approximate surface area is 114 Å². The molecule has 0 unspecified atom stereocenters. The zero-order chi connectivity index (χ0) is 14.3. The first-order valence-corrected chi connectivity index (χ1v) is 6.13. The van der Waals surface area contributed by atoms with Crippen molar-refractivity contribution in [3.05, 3.63) is 35.4 Å². The second kappa shape index (κ2) is 7.68. The number of benzene rings is 1. The Hall–Kier alpha value is -1.69. The smallest absolute Gasteiger partial charge is 0.321 e. The normalized spacial score (nSPS) is 10.1. The highest BCUT2D eigenvalue weighted by atomic mass is 35.5. The zero-order valence-electron chi connectivity index (χ0n) is 10.0. The summed E-state index contributed by atoms with van der Waals surface area (Å²) in [6, 6.07) is 2.48. The number of halogens is 3. The molecule has 0 aliphatic rings. The molecule has 3 amide bonds. The lowest BCUT2D eigenvalue weighted by Crippen LogP contribution is -2.40. The number of hydrogen-bond acceptors (Lipinski definition) is 2. The summed E-state index contributed by atoms with van der Waals surface area (Å²) >= 11 is 5.33. The van der Waals surface area contributed by atoms with E-state index >= 15 is 0 Å². The van der Waals surface area contributed by atoms with Gasteiger partial charge in [0.15, 0.2) is 0 Å². The maximum absolute atomic E-state index is 12.9. The summed E-state index contributed by atoms with van der Waals surface area (Å²) in [5, 5.41) is 4.47. The molecule has 0 aliphatic carbocycles. The van der Waals surface area contributed by atoms with Gasteiger partial charge in [-0.25, -0.2) is 13.6 Å². The van der Waals surface area contributed by atoms with Crippen molar-refractivity contribution in [2.45, 2.75) is 12.8 Å². The van der Waals surface area contributed by atoms with E-state index in [9.17, 15) is 18.4 Å². The van der Waals surface area contributed by atoms with Gasteiger partial charge >= 0.3 is 6.03 Å². The van der Waals surface area contributed by atoms with Crippen molar-refractivity contribution >= 4 is 23.5 Å². The summed E-state index contributed by atoms with van der Waals surface area (Å²) in [4.78, 5) is 22.2. The van der Waals surface area contributed by atoms with Gasteiger partial charge < -0.3 is 5.32 Å². The average Bonchev–Trinajstić information content (AvgIpc) is 2.27. The molecule has 2 N–H and O–H groups in total. The number of carbonyl (C=O) groups is 2. The minimum absolute atomic E-state index is 0.0457. The lowest BCUT2D eigenvalue weighted by atomic mass is 10.1. The Bertz CT molecular complexity index is 449. The van der Waals surface area contributed by atoms with E-state index in [1.54, 1.807) is 0 Å². The van der Waals surface area contributed by atoms with Crippen molar-refractivity contribution < 1.29 is 18.4 Å². The van der Waals surface area contributed by atoms with Crippen LogP contribution in [0.5, 0.6) is 0 Å². The van der Waals surface area contributed by atoms with Gasteiger partial charge in [0.2, 0.25) is 5.91 Å². The van der Waals surface area contributed by atoms with Crippen LogP contribution < -0.4 is 10.6 Å². The molecular formula is C12H13ClF2N2O2. The molecule has 1 aromatic rings. The molecule has 0 saturated heterocycles. The van der Waals surface area contributed by atoms with Gasteiger partial charge in [-0.1, -0.05) is 0 Å². The summed E-state index contributed by atoms with van der Waals surface area (Å²) in [5.74, 6) is -1.69. The molecule has 0 radical (unpaired) electrons. The molecule has 0 aliphatic heterocycles. The number of imide groups is 1. The van der Waals surface area contributed by atoms with Gasteiger partial charge in [0.25, 0.3) is 0 Å². The number of amides is 3. The van der Waals surface area contributed by atoms with Crippen molar-refractivity contribution in [3.63, 3.8) is 0 Å². The molecule has 104 valence electrons. The van der Waals surface area contributed by atoms with Crippen LogP contribution in [0.15, 0.2) is 18.2 Å².